The molecular formula is C17H13F2N3O3S. The number of carbonyl (C=O) groups excluding carboxylic acids is 1. The van der Waals surface area contributed by atoms with Gasteiger partial charge in [-0.25, -0.2) is 8.78 Å². The minimum atomic E-state index is -0.772. The zero-order valence-electron chi connectivity index (χ0n) is 13.5. The van der Waals surface area contributed by atoms with Gasteiger partial charge in [0.1, 0.15) is 17.4 Å². The number of halogens is 2. The number of benzene rings is 2. The van der Waals surface area contributed by atoms with Crippen LogP contribution in [-0.2, 0) is 4.79 Å². The molecule has 0 radical (unpaired) electrons. The summed E-state index contributed by atoms with van der Waals surface area (Å²) in [4.78, 5) is 11.9. The van der Waals surface area contributed by atoms with E-state index in [2.05, 4.69) is 15.5 Å². The zero-order chi connectivity index (χ0) is 18.5. The molecule has 0 saturated carbocycles. The molecule has 1 N–H and O–H groups in total. The molecule has 0 unspecified atom stereocenters. The number of nitrogens with zero attached hydrogens (tertiary/aromatic N) is 2. The van der Waals surface area contributed by atoms with Gasteiger partial charge in [0, 0.05) is 11.8 Å². The molecular weight excluding hydrogens is 364 g/mol. The molecule has 0 saturated heterocycles. The van der Waals surface area contributed by atoms with Crippen molar-refractivity contribution in [2.24, 2.45) is 0 Å². The average molecular weight is 377 g/mol. The fourth-order valence-corrected chi connectivity index (χ4v) is 2.71. The quantitative estimate of drug-likeness (QED) is 0.659. The predicted molar refractivity (Wildman–Crippen MR) is 92.0 cm³/mol. The highest BCUT2D eigenvalue weighted by Gasteiger charge is 2.14. The Hall–Kier alpha value is -2.94. The largest absolute Gasteiger partial charge is 0.496 e. The van der Waals surface area contributed by atoms with Crippen LogP contribution in [0.5, 0.6) is 5.75 Å². The summed E-state index contributed by atoms with van der Waals surface area (Å²) in [5, 5.41) is 10.4. The number of thioether (sulfide) groups is 1. The molecule has 134 valence electrons. The van der Waals surface area contributed by atoms with Gasteiger partial charge in [0.2, 0.25) is 5.91 Å². The van der Waals surface area contributed by atoms with Crippen LogP contribution < -0.4 is 10.1 Å². The number of hydrogen-bond donors (Lipinski definition) is 1. The lowest BCUT2D eigenvalue weighted by atomic mass is 10.2. The molecule has 0 aliphatic carbocycles. The van der Waals surface area contributed by atoms with E-state index in [1.807, 2.05) is 6.07 Å². The number of rotatable bonds is 6. The molecule has 1 heterocycles. The SMILES string of the molecule is COc1ccccc1-c1nnc(SCC(=O)Nc2cc(F)cc(F)c2)o1. The number of nitrogens with one attached hydrogen (secondary N) is 1. The van der Waals surface area contributed by atoms with Crippen molar-refractivity contribution < 1.29 is 22.7 Å². The molecule has 0 spiro atoms. The van der Waals surface area contributed by atoms with Crippen LogP contribution in [0.15, 0.2) is 52.1 Å². The van der Waals surface area contributed by atoms with Crippen molar-refractivity contribution in [3.05, 3.63) is 54.1 Å². The lowest BCUT2D eigenvalue weighted by molar-refractivity contribution is -0.113. The molecule has 0 fully saturated rings. The molecule has 9 heteroatoms. The van der Waals surface area contributed by atoms with Gasteiger partial charge in [-0.1, -0.05) is 23.9 Å². The first kappa shape index (κ1) is 17.9. The first-order valence-electron chi connectivity index (χ1n) is 7.41. The van der Waals surface area contributed by atoms with Gasteiger partial charge in [0.05, 0.1) is 18.4 Å². The second kappa shape index (κ2) is 7.96. The summed E-state index contributed by atoms with van der Waals surface area (Å²) in [6.07, 6.45) is 0. The fraction of sp³-hybridized carbons (Fsp3) is 0.118. The molecule has 0 aliphatic rings. The Morgan fingerprint density at radius 3 is 2.65 bits per heavy atom. The molecule has 0 atom stereocenters. The molecule has 3 aromatic rings. The Morgan fingerprint density at radius 1 is 1.19 bits per heavy atom. The number of amides is 1. The third kappa shape index (κ3) is 4.37. The lowest BCUT2D eigenvalue weighted by Gasteiger charge is -2.04. The van der Waals surface area contributed by atoms with Gasteiger partial charge in [-0.2, -0.15) is 0 Å². The Balaban J connectivity index is 1.62. The van der Waals surface area contributed by atoms with Crippen LogP contribution in [0.3, 0.4) is 0 Å². The van der Waals surface area contributed by atoms with Crippen LogP contribution in [0.4, 0.5) is 14.5 Å². The van der Waals surface area contributed by atoms with Gasteiger partial charge in [0.25, 0.3) is 11.1 Å². The van der Waals surface area contributed by atoms with E-state index < -0.39 is 17.5 Å². The first-order chi connectivity index (χ1) is 12.5. The van der Waals surface area contributed by atoms with Crippen molar-refractivity contribution in [3.8, 4) is 17.2 Å². The number of aromatic nitrogens is 2. The molecule has 0 bridgehead atoms. The van der Waals surface area contributed by atoms with Crippen LogP contribution in [0, 0.1) is 11.6 Å². The van der Waals surface area contributed by atoms with E-state index in [4.69, 9.17) is 9.15 Å². The standard InChI is InChI=1S/C17H13F2N3O3S/c1-24-14-5-3-2-4-13(14)16-21-22-17(25-16)26-9-15(23)20-12-7-10(18)6-11(19)8-12/h2-8H,9H2,1H3,(H,20,23). The summed E-state index contributed by atoms with van der Waals surface area (Å²) in [6, 6.07) is 9.93. The normalized spacial score (nSPS) is 10.6. The van der Waals surface area contributed by atoms with E-state index in [1.54, 1.807) is 18.2 Å². The Morgan fingerprint density at radius 2 is 1.92 bits per heavy atom. The number of methoxy groups -OCH3 is 1. The van der Waals surface area contributed by atoms with E-state index in [0.717, 1.165) is 30.0 Å². The Labute approximate surface area is 151 Å². The van der Waals surface area contributed by atoms with Crippen LogP contribution in [0.25, 0.3) is 11.5 Å². The van der Waals surface area contributed by atoms with Gasteiger partial charge in [-0.05, 0) is 24.3 Å². The maximum Gasteiger partial charge on any atom is 0.277 e. The number of anilines is 1. The molecule has 6 nitrogen and oxygen atoms in total. The fourth-order valence-electron chi connectivity index (χ4n) is 2.15. The van der Waals surface area contributed by atoms with Crippen LogP contribution in [0.1, 0.15) is 0 Å². The molecule has 1 aromatic heterocycles. The Bertz CT molecular complexity index is 913. The van der Waals surface area contributed by atoms with Crippen molar-refractivity contribution >= 4 is 23.4 Å². The van der Waals surface area contributed by atoms with E-state index >= 15 is 0 Å². The van der Waals surface area contributed by atoms with E-state index in [9.17, 15) is 13.6 Å². The predicted octanol–water partition coefficient (Wildman–Crippen LogP) is 3.75. The van der Waals surface area contributed by atoms with Crippen molar-refractivity contribution in [2.45, 2.75) is 5.22 Å². The summed E-state index contributed by atoms with van der Waals surface area (Å²) in [5.41, 5.74) is 0.669. The molecule has 0 aliphatic heterocycles. The zero-order valence-corrected chi connectivity index (χ0v) is 14.3. The summed E-state index contributed by atoms with van der Waals surface area (Å²) in [6.45, 7) is 0. The average Bonchev–Trinajstić information content (AvgIpc) is 3.08. The van der Waals surface area contributed by atoms with Gasteiger partial charge >= 0.3 is 0 Å². The lowest BCUT2D eigenvalue weighted by Crippen LogP contribution is -2.14. The van der Waals surface area contributed by atoms with E-state index in [1.165, 1.54) is 7.11 Å². The summed E-state index contributed by atoms with van der Waals surface area (Å²) >= 11 is 1.00. The first-order valence-corrected chi connectivity index (χ1v) is 8.39. The summed E-state index contributed by atoms with van der Waals surface area (Å²) in [5.74, 6) is -1.23. The monoisotopic (exact) mass is 377 g/mol. The highest BCUT2D eigenvalue weighted by Crippen LogP contribution is 2.30. The second-order valence-electron chi connectivity index (χ2n) is 5.07. The highest BCUT2D eigenvalue weighted by molar-refractivity contribution is 7.99. The smallest absolute Gasteiger partial charge is 0.277 e. The maximum absolute atomic E-state index is 13.1. The van der Waals surface area contributed by atoms with Crippen LogP contribution >= 0.6 is 11.8 Å². The van der Waals surface area contributed by atoms with Gasteiger partial charge in [-0.3, -0.25) is 4.79 Å². The molecule has 1 amide bonds. The van der Waals surface area contributed by atoms with Crippen molar-refractivity contribution in [3.63, 3.8) is 0 Å². The van der Waals surface area contributed by atoms with Crippen molar-refractivity contribution in [2.75, 3.05) is 18.2 Å². The Kier molecular flexibility index (Phi) is 5.47. The third-order valence-electron chi connectivity index (χ3n) is 3.22. The van der Waals surface area contributed by atoms with Gasteiger partial charge < -0.3 is 14.5 Å². The number of para-hydroxylation sites is 1. The molecule has 26 heavy (non-hydrogen) atoms. The van der Waals surface area contributed by atoms with Gasteiger partial charge in [0.15, 0.2) is 0 Å². The minimum Gasteiger partial charge on any atom is -0.496 e. The summed E-state index contributed by atoms with van der Waals surface area (Å²) in [7, 11) is 1.53. The topological polar surface area (TPSA) is 77.2 Å². The second-order valence-corrected chi connectivity index (χ2v) is 5.99. The molecule has 3 rings (SSSR count). The number of hydrogen-bond acceptors (Lipinski definition) is 6. The summed E-state index contributed by atoms with van der Waals surface area (Å²) < 4.78 is 37.0. The molecule has 2 aromatic carbocycles. The van der Waals surface area contributed by atoms with Crippen LogP contribution in [0.2, 0.25) is 0 Å². The number of ether oxygens (including phenoxy) is 1. The minimum absolute atomic E-state index is 0.0355. The van der Waals surface area contributed by atoms with Gasteiger partial charge in [-0.15, -0.1) is 10.2 Å². The third-order valence-corrected chi connectivity index (χ3v) is 4.04. The van der Waals surface area contributed by atoms with Crippen molar-refractivity contribution in [1.82, 2.24) is 10.2 Å². The number of carbonyl (C=O) groups is 1. The van der Waals surface area contributed by atoms with E-state index in [-0.39, 0.29) is 22.6 Å². The van der Waals surface area contributed by atoms with Crippen molar-refractivity contribution in [1.29, 1.82) is 0 Å². The maximum atomic E-state index is 13.1. The van der Waals surface area contributed by atoms with E-state index in [0.29, 0.717) is 11.3 Å². The van der Waals surface area contributed by atoms with Crippen LogP contribution in [-0.4, -0.2) is 29.0 Å². The highest BCUT2D eigenvalue weighted by atomic mass is 32.2.